The summed E-state index contributed by atoms with van der Waals surface area (Å²) in [5.74, 6) is 0. The van der Waals surface area contributed by atoms with Gasteiger partial charge in [-0.25, -0.2) is 0 Å². The Morgan fingerprint density at radius 3 is 1.96 bits per heavy atom. The molecule has 1 aliphatic carbocycles. The van der Waals surface area contributed by atoms with E-state index in [9.17, 15) is 0 Å². The molecule has 138 valence electrons. The third-order valence-corrected chi connectivity index (χ3v) is 4.66. The summed E-state index contributed by atoms with van der Waals surface area (Å²) in [5.41, 5.74) is 6.73. The number of aliphatic imine (C=N–C) groups is 1. The fourth-order valence-corrected chi connectivity index (χ4v) is 3.20. The standard InChI is InChI=1S/C25H23N3/c1-4-10-22(11-5-1)26-18-20-16-17-21(19-27-23-12-6-2-7-13-23)25(20)28-24-14-8-3-9-15-24/h1-15,18-19,26,28H,16-17H2. The molecule has 0 unspecified atom stereocenters. The molecule has 0 atom stereocenters. The molecule has 4 rings (SSSR count). The smallest absolute Gasteiger partial charge is 0.0629 e. The first-order chi connectivity index (χ1) is 13.9. The van der Waals surface area contributed by atoms with E-state index in [0.29, 0.717) is 0 Å². The number of rotatable bonds is 6. The largest absolute Gasteiger partial charge is 0.361 e. The first-order valence-electron chi connectivity index (χ1n) is 9.54. The molecule has 0 saturated heterocycles. The molecule has 0 amide bonds. The Labute approximate surface area is 166 Å². The first-order valence-corrected chi connectivity index (χ1v) is 9.54. The molecular formula is C25H23N3. The van der Waals surface area contributed by atoms with E-state index in [1.165, 1.54) is 11.1 Å². The van der Waals surface area contributed by atoms with Gasteiger partial charge in [0.1, 0.15) is 0 Å². The Bertz CT molecular complexity index is 988. The van der Waals surface area contributed by atoms with Gasteiger partial charge in [-0.2, -0.15) is 0 Å². The van der Waals surface area contributed by atoms with Gasteiger partial charge < -0.3 is 10.6 Å². The van der Waals surface area contributed by atoms with Crippen LogP contribution >= 0.6 is 0 Å². The third-order valence-electron chi connectivity index (χ3n) is 4.66. The molecular weight excluding hydrogens is 342 g/mol. The Morgan fingerprint density at radius 1 is 0.679 bits per heavy atom. The highest BCUT2D eigenvalue weighted by Gasteiger charge is 2.19. The number of benzene rings is 3. The van der Waals surface area contributed by atoms with Gasteiger partial charge in [-0.15, -0.1) is 0 Å². The van der Waals surface area contributed by atoms with Crippen molar-refractivity contribution in [2.24, 2.45) is 4.99 Å². The van der Waals surface area contributed by atoms with Crippen molar-refractivity contribution in [2.45, 2.75) is 12.8 Å². The molecule has 0 aromatic heterocycles. The van der Waals surface area contributed by atoms with Crippen LogP contribution in [0, 0.1) is 0 Å². The maximum Gasteiger partial charge on any atom is 0.0629 e. The molecule has 3 nitrogen and oxygen atoms in total. The van der Waals surface area contributed by atoms with Crippen LogP contribution in [0.15, 0.2) is 119 Å². The summed E-state index contributed by atoms with van der Waals surface area (Å²) in [6.45, 7) is 0. The average Bonchev–Trinajstić information content (AvgIpc) is 3.14. The van der Waals surface area contributed by atoms with Gasteiger partial charge in [-0.1, -0.05) is 54.6 Å². The molecule has 0 aliphatic heterocycles. The second-order valence-corrected chi connectivity index (χ2v) is 6.66. The lowest BCUT2D eigenvalue weighted by molar-refractivity contribution is 1.04. The monoisotopic (exact) mass is 365 g/mol. The Morgan fingerprint density at radius 2 is 1.29 bits per heavy atom. The highest BCUT2D eigenvalue weighted by Crippen LogP contribution is 2.32. The van der Waals surface area contributed by atoms with Gasteiger partial charge in [-0.3, -0.25) is 4.99 Å². The summed E-state index contributed by atoms with van der Waals surface area (Å²) in [6.07, 6.45) is 6.03. The van der Waals surface area contributed by atoms with E-state index in [-0.39, 0.29) is 0 Å². The number of allylic oxidation sites excluding steroid dienone is 2. The van der Waals surface area contributed by atoms with Crippen molar-refractivity contribution in [1.82, 2.24) is 0 Å². The molecule has 2 N–H and O–H groups in total. The summed E-state index contributed by atoms with van der Waals surface area (Å²) >= 11 is 0. The summed E-state index contributed by atoms with van der Waals surface area (Å²) in [5, 5.41) is 7.01. The Kier molecular flexibility index (Phi) is 5.64. The molecule has 0 saturated carbocycles. The molecule has 1 aliphatic rings. The van der Waals surface area contributed by atoms with E-state index < -0.39 is 0 Å². The van der Waals surface area contributed by atoms with Gasteiger partial charge in [-0.05, 0) is 60.4 Å². The number of hydrogen-bond donors (Lipinski definition) is 2. The van der Waals surface area contributed by atoms with Crippen molar-refractivity contribution in [3.63, 3.8) is 0 Å². The normalized spacial score (nSPS) is 15.4. The van der Waals surface area contributed by atoms with Crippen LogP contribution in [-0.2, 0) is 0 Å². The van der Waals surface area contributed by atoms with Gasteiger partial charge in [0.25, 0.3) is 0 Å². The number of anilines is 2. The zero-order chi connectivity index (χ0) is 19.0. The second kappa shape index (κ2) is 8.87. The van der Waals surface area contributed by atoms with Crippen LogP contribution in [0.2, 0.25) is 0 Å². The SMILES string of the molecule is C(=Nc1ccccc1)C1=C(Nc2ccccc2)C(=CNc2ccccc2)CC1. The molecule has 0 spiro atoms. The van der Waals surface area contributed by atoms with Crippen molar-refractivity contribution in [1.29, 1.82) is 0 Å². The van der Waals surface area contributed by atoms with Crippen LogP contribution in [0.5, 0.6) is 0 Å². The fraction of sp³-hybridized carbons (Fsp3) is 0.0800. The van der Waals surface area contributed by atoms with Crippen LogP contribution in [0.3, 0.4) is 0 Å². The average molecular weight is 365 g/mol. The maximum absolute atomic E-state index is 4.66. The van der Waals surface area contributed by atoms with Crippen molar-refractivity contribution >= 4 is 23.3 Å². The highest BCUT2D eigenvalue weighted by molar-refractivity contribution is 5.86. The van der Waals surface area contributed by atoms with Gasteiger partial charge >= 0.3 is 0 Å². The minimum absolute atomic E-state index is 0.966. The highest BCUT2D eigenvalue weighted by atomic mass is 14.9. The molecule has 0 radical (unpaired) electrons. The number of para-hydroxylation sites is 3. The van der Waals surface area contributed by atoms with Crippen LogP contribution in [0.25, 0.3) is 0 Å². The van der Waals surface area contributed by atoms with E-state index in [1.807, 2.05) is 72.9 Å². The first kappa shape index (κ1) is 17.8. The topological polar surface area (TPSA) is 36.4 Å². The van der Waals surface area contributed by atoms with Gasteiger partial charge in [0.2, 0.25) is 0 Å². The quantitative estimate of drug-likeness (QED) is 0.486. The zero-order valence-corrected chi connectivity index (χ0v) is 15.7. The number of nitrogens with one attached hydrogen (secondary N) is 2. The lowest BCUT2D eigenvalue weighted by Crippen LogP contribution is -2.03. The third kappa shape index (κ3) is 4.57. The minimum Gasteiger partial charge on any atom is -0.361 e. The predicted molar refractivity (Wildman–Crippen MR) is 119 cm³/mol. The van der Waals surface area contributed by atoms with Crippen molar-refractivity contribution in [2.75, 3.05) is 10.6 Å². The lowest BCUT2D eigenvalue weighted by atomic mass is 10.2. The van der Waals surface area contributed by atoms with E-state index >= 15 is 0 Å². The van der Waals surface area contributed by atoms with Crippen LogP contribution in [-0.4, -0.2) is 6.21 Å². The summed E-state index contributed by atoms with van der Waals surface area (Å²) < 4.78 is 0. The van der Waals surface area contributed by atoms with Crippen LogP contribution < -0.4 is 10.6 Å². The number of nitrogens with zero attached hydrogens (tertiary/aromatic N) is 1. The fourth-order valence-electron chi connectivity index (χ4n) is 3.20. The van der Waals surface area contributed by atoms with Gasteiger partial charge in [0.05, 0.1) is 5.69 Å². The molecule has 0 heterocycles. The van der Waals surface area contributed by atoms with Gasteiger partial charge in [0.15, 0.2) is 0 Å². The molecule has 0 fully saturated rings. The molecule has 3 aromatic carbocycles. The van der Waals surface area contributed by atoms with Crippen molar-refractivity contribution < 1.29 is 0 Å². The number of hydrogen-bond acceptors (Lipinski definition) is 3. The summed E-state index contributed by atoms with van der Waals surface area (Å²) in [6, 6.07) is 30.6. The van der Waals surface area contributed by atoms with E-state index in [2.05, 4.69) is 46.1 Å². The summed E-state index contributed by atoms with van der Waals surface area (Å²) in [4.78, 5) is 4.66. The maximum atomic E-state index is 4.66. The van der Waals surface area contributed by atoms with Crippen molar-refractivity contribution in [3.8, 4) is 0 Å². The minimum atomic E-state index is 0.966. The van der Waals surface area contributed by atoms with Crippen LogP contribution in [0.1, 0.15) is 12.8 Å². The van der Waals surface area contributed by atoms with E-state index in [0.717, 1.165) is 35.6 Å². The summed E-state index contributed by atoms with van der Waals surface area (Å²) in [7, 11) is 0. The Hall–Kier alpha value is -3.59. The lowest BCUT2D eigenvalue weighted by Gasteiger charge is -2.12. The zero-order valence-electron chi connectivity index (χ0n) is 15.7. The van der Waals surface area contributed by atoms with Gasteiger partial charge in [0, 0.05) is 29.5 Å². The Balaban J connectivity index is 1.62. The van der Waals surface area contributed by atoms with Crippen molar-refractivity contribution in [3.05, 3.63) is 114 Å². The molecule has 28 heavy (non-hydrogen) atoms. The van der Waals surface area contributed by atoms with E-state index in [1.54, 1.807) is 0 Å². The predicted octanol–water partition coefficient (Wildman–Crippen LogP) is 6.54. The molecule has 0 bridgehead atoms. The second-order valence-electron chi connectivity index (χ2n) is 6.66. The van der Waals surface area contributed by atoms with Crippen LogP contribution in [0.4, 0.5) is 17.1 Å². The molecule has 3 heteroatoms. The molecule has 3 aromatic rings. The van der Waals surface area contributed by atoms with E-state index in [4.69, 9.17) is 0 Å².